The molecule has 15 nitrogen and oxygen atoms in total. The van der Waals surface area contributed by atoms with E-state index in [4.69, 9.17) is 16.3 Å². The SMILES string of the molecule is CCC(Oc1ccc(C)cc1C)C(=O)NN1C(C(C(=O)Nc2cc(S(=O)(=O)N(CC)CC)ccc2Cl)n2cncn2)=Nc2ccccc2S1(=O)=O. The van der Waals surface area contributed by atoms with Crippen LogP contribution in [0.1, 0.15) is 44.4 Å². The number of hydrogen-bond acceptors (Lipinski definition) is 10. The lowest BCUT2D eigenvalue weighted by atomic mass is 10.1. The highest BCUT2D eigenvalue weighted by molar-refractivity contribution is 7.90. The summed E-state index contributed by atoms with van der Waals surface area (Å²) < 4.78 is 63.8. The number of rotatable bonds is 13. The van der Waals surface area contributed by atoms with Gasteiger partial charge >= 0.3 is 0 Å². The molecule has 1 aliphatic heterocycles. The van der Waals surface area contributed by atoms with Crippen LogP contribution in [0.25, 0.3) is 0 Å². The molecule has 5 rings (SSSR count). The number of sulfonamides is 2. The molecule has 2 amide bonds. The molecule has 18 heteroatoms. The largest absolute Gasteiger partial charge is 0.480 e. The molecular weight excluding hydrogens is 720 g/mol. The maximum absolute atomic E-state index is 14.3. The number of aliphatic imine (C=N–C) groups is 1. The minimum Gasteiger partial charge on any atom is -0.480 e. The minimum absolute atomic E-state index is 0.000156. The van der Waals surface area contributed by atoms with Crippen LogP contribution >= 0.6 is 11.6 Å². The summed E-state index contributed by atoms with van der Waals surface area (Å²) in [5, 5.41) is 6.70. The molecule has 0 fully saturated rings. The Morgan fingerprint density at radius 2 is 1.73 bits per heavy atom. The van der Waals surface area contributed by atoms with E-state index < -0.39 is 49.8 Å². The van der Waals surface area contributed by atoms with Crippen LogP contribution in [-0.2, 0) is 29.6 Å². The summed E-state index contributed by atoms with van der Waals surface area (Å²) in [6, 6.07) is 13.4. The predicted molar refractivity (Wildman–Crippen MR) is 191 cm³/mol. The number of amidine groups is 1. The number of aryl methyl sites for hydroxylation is 2. The molecule has 51 heavy (non-hydrogen) atoms. The quantitative estimate of drug-likeness (QED) is 0.200. The molecule has 2 heterocycles. The van der Waals surface area contributed by atoms with Gasteiger partial charge < -0.3 is 10.1 Å². The molecular formula is C33H37ClN8O7S2. The molecule has 270 valence electrons. The van der Waals surface area contributed by atoms with E-state index in [9.17, 15) is 26.4 Å². The Morgan fingerprint density at radius 1 is 1.00 bits per heavy atom. The monoisotopic (exact) mass is 756 g/mol. The van der Waals surface area contributed by atoms with Crippen LogP contribution in [0, 0.1) is 13.8 Å². The van der Waals surface area contributed by atoms with E-state index in [1.807, 2.05) is 26.0 Å². The van der Waals surface area contributed by atoms with E-state index in [2.05, 4.69) is 25.8 Å². The number of carbonyl (C=O) groups excluding carboxylic acids is 2. The van der Waals surface area contributed by atoms with E-state index in [-0.39, 0.29) is 45.7 Å². The molecule has 3 aromatic carbocycles. The average molecular weight is 757 g/mol. The maximum Gasteiger partial charge on any atom is 0.285 e. The van der Waals surface area contributed by atoms with Crippen LogP contribution in [0.2, 0.25) is 5.02 Å². The molecule has 2 N–H and O–H groups in total. The Bertz CT molecular complexity index is 2190. The van der Waals surface area contributed by atoms with Gasteiger partial charge in [0.05, 0.1) is 21.3 Å². The number of carbonyl (C=O) groups is 2. The van der Waals surface area contributed by atoms with Gasteiger partial charge in [-0.15, -0.1) is 0 Å². The first-order valence-electron chi connectivity index (χ1n) is 15.9. The molecule has 0 radical (unpaired) electrons. The third-order valence-corrected chi connectivity index (χ3v) is 12.1. The standard InChI is InChI=1S/C33H37ClN8O7S2/c1-6-27(49-28-16-13-21(4)17-22(28)5)32(43)39-42-31(37-25-11-9-10-12-29(25)51(42,47)48)30(41-20-35-19-36-41)33(44)38-26-18-23(14-15-24(26)34)50(45,46)40(7-2)8-3/h9-20,27,30H,6-8H2,1-5H3,(H,38,44)(H,39,43). The molecule has 0 bridgehead atoms. The Kier molecular flexibility index (Phi) is 11.1. The number of anilines is 1. The summed E-state index contributed by atoms with van der Waals surface area (Å²) in [7, 11) is -8.53. The van der Waals surface area contributed by atoms with Crippen molar-refractivity contribution in [2.75, 3.05) is 18.4 Å². The summed E-state index contributed by atoms with van der Waals surface area (Å²) in [5.74, 6) is -1.78. The number of nitrogens with zero attached hydrogens (tertiary/aromatic N) is 6. The Hall–Kier alpha value is -4.84. The van der Waals surface area contributed by atoms with Crippen molar-refractivity contribution in [3.63, 3.8) is 0 Å². The van der Waals surface area contributed by atoms with Gasteiger partial charge in [0, 0.05) is 13.1 Å². The number of fused-ring (bicyclic) bond motifs is 1. The van der Waals surface area contributed by atoms with Crippen LogP contribution in [-0.4, -0.2) is 77.2 Å². The summed E-state index contributed by atoms with van der Waals surface area (Å²) in [6.07, 6.45) is 1.31. The topological polar surface area (TPSA) is 185 Å². The molecule has 0 spiro atoms. The van der Waals surface area contributed by atoms with E-state index in [0.717, 1.165) is 22.1 Å². The highest BCUT2D eigenvalue weighted by atomic mass is 35.5. The van der Waals surface area contributed by atoms with Crippen LogP contribution < -0.4 is 15.5 Å². The van der Waals surface area contributed by atoms with Crippen molar-refractivity contribution in [3.8, 4) is 5.75 Å². The molecule has 2 atom stereocenters. The van der Waals surface area contributed by atoms with Crippen molar-refractivity contribution in [2.24, 2.45) is 4.99 Å². The number of hydrogen-bond donors (Lipinski definition) is 2. The normalized spacial score (nSPS) is 15.0. The maximum atomic E-state index is 14.3. The molecule has 0 saturated carbocycles. The zero-order valence-corrected chi connectivity index (χ0v) is 30.8. The van der Waals surface area contributed by atoms with Gasteiger partial charge in [0.1, 0.15) is 23.3 Å². The van der Waals surface area contributed by atoms with Gasteiger partial charge in [0.15, 0.2) is 18.0 Å². The number of halogens is 1. The first kappa shape index (κ1) is 37.4. The molecule has 2 unspecified atom stereocenters. The van der Waals surface area contributed by atoms with Crippen LogP contribution in [0.3, 0.4) is 0 Å². The highest BCUT2D eigenvalue weighted by Gasteiger charge is 2.43. The summed E-state index contributed by atoms with van der Waals surface area (Å²) in [5.41, 5.74) is 4.12. The van der Waals surface area contributed by atoms with Crippen molar-refractivity contribution in [1.29, 1.82) is 0 Å². The summed E-state index contributed by atoms with van der Waals surface area (Å²) in [4.78, 5) is 36.2. The van der Waals surface area contributed by atoms with Crippen LogP contribution in [0.4, 0.5) is 11.4 Å². The van der Waals surface area contributed by atoms with Crippen molar-refractivity contribution in [3.05, 3.63) is 89.5 Å². The van der Waals surface area contributed by atoms with E-state index >= 15 is 0 Å². The van der Waals surface area contributed by atoms with Gasteiger partial charge in [-0.05, 0) is 62.2 Å². The van der Waals surface area contributed by atoms with Gasteiger partial charge in [0.25, 0.3) is 21.8 Å². The second kappa shape index (κ2) is 15.2. The number of benzene rings is 3. The zero-order valence-electron chi connectivity index (χ0n) is 28.4. The van der Waals surface area contributed by atoms with Crippen molar-refractivity contribution in [1.82, 2.24) is 28.9 Å². The third-order valence-electron chi connectivity index (χ3n) is 8.03. The molecule has 1 aliphatic rings. The fourth-order valence-corrected chi connectivity index (χ4v) is 8.48. The van der Waals surface area contributed by atoms with E-state index in [0.29, 0.717) is 10.2 Å². The van der Waals surface area contributed by atoms with E-state index in [1.165, 1.54) is 47.0 Å². The fourth-order valence-electron chi connectivity index (χ4n) is 5.41. The first-order valence-corrected chi connectivity index (χ1v) is 19.2. The van der Waals surface area contributed by atoms with Gasteiger partial charge in [-0.3, -0.25) is 9.59 Å². The molecule has 4 aromatic rings. The van der Waals surface area contributed by atoms with Crippen LogP contribution in [0.15, 0.2) is 88.1 Å². The highest BCUT2D eigenvalue weighted by Crippen LogP contribution is 2.35. The Balaban J connectivity index is 1.57. The fraction of sp³-hybridized carbons (Fsp3) is 0.303. The minimum atomic E-state index is -4.58. The van der Waals surface area contributed by atoms with Crippen molar-refractivity contribution < 1.29 is 31.2 Å². The van der Waals surface area contributed by atoms with Gasteiger partial charge in [-0.1, -0.05) is 62.2 Å². The molecule has 0 aliphatic carbocycles. The lowest BCUT2D eigenvalue weighted by Gasteiger charge is -2.33. The van der Waals surface area contributed by atoms with Crippen LogP contribution in [0.5, 0.6) is 5.75 Å². The van der Waals surface area contributed by atoms with E-state index in [1.54, 1.807) is 32.9 Å². The second-order valence-electron chi connectivity index (χ2n) is 11.5. The number of hydrazine groups is 1. The zero-order chi connectivity index (χ0) is 37.1. The third kappa shape index (κ3) is 7.61. The lowest BCUT2D eigenvalue weighted by molar-refractivity contribution is -0.130. The average Bonchev–Trinajstić information content (AvgIpc) is 3.62. The second-order valence-corrected chi connectivity index (χ2v) is 15.6. The number of nitrogens with one attached hydrogen (secondary N) is 2. The van der Waals surface area contributed by atoms with Gasteiger partial charge in [-0.2, -0.15) is 22.2 Å². The van der Waals surface area contributed by atoms with Crippen molar-refractivity contribution in [2.45, 2.75) is 63.0 Å². The summed E-state index contributed by atoms with van der Waals surface area (Å²) in [6.45, 7) is 9.26. The van der Waals surface area contributed by atoms with Crippen molar-refractivity contribution >= 4 is 60.7 Å². The number of amides is 2. The smallest absolute Gasteiger partial charge is 0.285 e. The molecule has 1 aromatic heterocycles. The Labute approximate surface area is 301 Å². The summed E-state index contributed by atoms with van der Waals surface area (Å²) >= 11 is 6.43. The number of ether oxygens (including phenoxy) is 1. The first-order chi connectivity index (χ1) is 24.2. The van der Waals surface area contributed by atoms with Gasteiger partial charge in [-0.25, -0.2) is 28.5 Å². The predicted octanol–water partition coefficient (Wildman–Crippen LogP) is 4.38. The number of aromatic nitrogens is 3. The Morgan fingerprint density at radius 3 is 2.37 bits per heavy atom. The lowest BCUT2D eigenvalue weighted by Crippen LogP contribution is -2.57. The molecule has 0 saturated heterocycles. The number of para-hydroxylation sites is 1. The van der Waals surface area contributed by atoms with Gasteiger partial charge in [0.2, 0.25) is 10.0 Å².